The van der Waals surface area contributed by atoms with Crippen LogP contribution in [0.4, 0.5) is 0 Å². The van der Waals surface area contributed by atoms with Gasteiger partial charge in [0, 0.05) is 25.8 Å². The number of hydrogen-bond acceptors (Lipinski definition) is 6. The minimum atomic E-state index is -1.05. The average Bonchev–Trinajstić information content (AvgIpc) is 2.70. The summed E-state index contributed by atoms with van der Waals surface area (Å²) in [7, 11) is 3.17. The maximum atomic E-state index is 11.6. The van der Waals surface area contributed by atoms with Crippen LogP contribution in [-0.4, -0.2) is 58.4 Å². The number of benzene rings is 2. The van der Waals surface area contributed by atoms with Crippen molar-refractivity contribution in [2.45, 2.75) is 6.10 Å². The molecular formula is C21H26ClNO6. The largest absolute Gasteiger partial charge is 0.491 e. The van der Waals surface area contributed by atoms with Crippen LogP contribution < -0.4 is 10.1 Å². The number of nitrogens with one attached hydrogen (secondary N) is 1. The van der Waals surface area contributed by atoms with Gasteiger partial charge in [-0.05, 0) is 41.5 Å². The summed E-state index contributed by atoms with van der Waals surface area (Å²) in [5.41, 5.74) is 1.59. The molecule has 0 amide bonds. The fraction of sp³-hybridized carbons (Fsp3) is 0.381. The Kier molecular flexibility index (Phi) is 9.90. The van der Waals surface area contributed by atoms with Crippen LogP contribution in [0.15, 0.2) is 42.5 Å². The van der Waals surface area contributed by atoms with Crippen molar-refractivity contribution in [2.75, 3.05) is 47.3 Å². The smallest absolute Gasteiger partial charge is 0.335 e. The standard InChI is InChI=1S/C21H26ClNO6/c1-26-8-9-28-19-12-16(10-17(13-19)21(24)25)20(29-7-6-23-14-27-2)15-4-3-5-18(22)11-15/h3-5,10-13,20,23H,6-9,14H2,1-2H3,(H,24,25). The Bertz CT molecular complexity index is 786. The molecule has 0 aliphatic rings. The molecule has 0 saturated carbocycles. The van der Waals surface area contributed by atoms with Crippen LogP contribution in [0.3, 0.4) is 0 Å². The first kappa shape index (κ1) is 23.1. The lowest BCUT2D eigenvalue weighted by Crippen LogP contribution is -2.23. The van der Waals surface area contributed by atoms with Gasteiger partial charge in [-0.25, -0.2) is 4.79 Å². The number of aromatic carboxylic acids is 1. The van der Waals surface area contributed by atoms with Crippen LogP contribution in [0.5, 0.6) is 5.75 Å². The number of carbonyl (C=O) groups is 1. The van der Waals surface area contributed by atoms with Gasteiger partial charge in [0.05, 0.1) is 25.5 Å². The third-order valence-electron chi connectivity index (χ3n) is 4.00. The molecule has 158 valence electrons. The van der Waals surface area contributed by atoms with Gasteiger partial charge in [0.1, 0.15) is 18.5 Å². The molecule has 0 radical (unpaired) electrons. The molecule has 0 spiro atoms. The lowest BCUT2D eigenvalue weighted by molar-refractivity contribution is 0.0689. The third kappa shape index (κ3) is 7.64. The van der Waals surface area contributed by atoms with Gasteiger partial charge in [-0.1, -0.05) is 23.7 Å². The molecule has 7 nitrogen and oxygen atoms in total. The lowest BCUT2D eigenvalue weighted by Gasteiger charge is -2.21. The van der Waals surface area contributed by atoms with Crippen molar-refractivity contribution >= 4 is 17.6 Å². The second-order valence-electron chi connectivity index (χ2n) is 6.18. The fourth-order valence-electron chi connectivity index (χ4n) is 2.70. The molecule has 29 heavy (non-hydrogen) atoms. The molecule has 1 unspecified atom stereocenters. The highest BCUT2D eigenvalue weighted by atomic mass is 35.5. The number of carboxylic acids is 1. The van der Waals surface area contributed by atoms with Gasteiger partial charge < -0.3 is 24.1 Å². The molecule has 2 rings (SSSR count). The summed E-state index contributed by atoms with van der Waals surface area (Å²) < 4.78 is 21.7. The Morgan fingerprint density at radius 3 is 2.59 bits per heavy atom. The monoisotopic (exact) mass is 423 g/mol. The molecule has 0 aliphatic carbocycles. The molecule has 0 bridgehead atoms. The first-order valence-corrected chi connectivity index (χ1v) is 9.49. The number of rotatable bonds is 13. The highest BCUT2D eigenvalue weighted by molar-refractivity contribution is 6.30. The molecule has 0 aromatic heterocycles. The predicted octanol–water partition coefficient (Wildman–Crippen LogP) is 3.36. The van der Waals surface area contributed by atoms with Crippen molar-refractivity contribution in [3.63, 3.8) is 0 Å². The van der Waals surface area contributed by atoms with E-state index < -0.39 is 12.1 Å². The Morgan fingerprint density at radius 1 is 1.07 bits per heavy atom. The van der Waals surface area contributed by atoms with Crippen LogP contribution in [0.25, 0.3) is 0 Å². The molecule has 2 aromatic carbocycles. The summed E-state index contributed by atoms with van der Waals surface area (Å²) in [6.45, 7) is 2.07. The lowest BCUT2D eigenvalue weighted by atomic mass is 9.99. The van der Waals surface area contributed by atoms with Gasteiger partial charge in [-0.3, -0.25) is 5.32 Å². The van der Waals surface area contributed by atoms with Gasteiger partial charge in [0.15, 0.2) is 0 Å². The minimum absolute atomic E-state index is 0.114. The fourth-order valence-corrected chi connectivity index (χ4v) is 2.90. The van der Waals surface area contributed by atoms with E-state index in [1.54, 1.807) is 38.5 Å². The zero-order valence-corrected chi connectivity index (χ0v) is 17.3. The van der Waals surface area contributed by atoms with Gasteiger partial charge in [-0.2, -0.15) is 0 Å². The van der Waals surface area contributed by atoms with Gasteiger partial charge in [0.25, 0.3) is 0 Å². The summed E-state index contributed by atoms with van der Waals surface area (Å²) in [5.74, 6) is -0.611. The maximum Gasteiger partial charge on any atom is 0.335 e. The summed E-state index contributed by atoms with van der Waals surface area (Å²) in [6, 6.07) is 12.1. The first-order valence-electron chi connectivity index (χ1n) is 9.12. The van der Waals surface area contributed by atoms with Gasteiger partial charge in [0.2, 0.25) is 0 Å². The van der Waals surface area contributed by atoms with Crippen molar-refractivity contribution in [1.29, 1.82) is 0 Å². The summed E-state index contributed by atoms with van der Waals surface area (Å²) in [5, 5.41) is 13.2. The van der Waals surface area contributed by atoms with E-state index in [-0.39, 0.29) is 5.56 Å². The van der Waals surface area contributed by atoms with Crippen molar-refractivity contribution in [3.05, 3.63) is 64.2 Å². The SMILES string of the molecule is COCCOc1cc(C(=O)O)cc(C(OCCNCOC)c2cccc(Cl)c2)c1. The van der Waals surface area contributed by atoms with Crippen molar-refractivity contribution in [1.82, 2.24) is 5.32 Å². The summed E-state index contributed by atoms with van der Waals surface area (Å²) >= 11 is 6.16. The number of ether oxygens (including phenoxy) is 4. The van der Waals surface area contributed by atoms with E-state index in [9.17, 15) is 9.90 Å². The number of carboxylic acid groups (broad SMARTS) is 1. The van der Waals surface area contributed by atoms with E-state index in [1.165, 1.54) is 6.07 Å². The van der Waals surface area contributed by atoms with E-state index in [0.29, 0.717) is 49.4 Å². The number of hydrogen-bond donors (Lipinski definition) is 2. The maximum absolute atomic E-state index is 11.6. The van der Waals surface area contributed by atoms with Crippen LogP contribution in [0, 0.1) is 0 Å². The Balaban J connectivity index is 2.32. The molecular weight excluding hydrogens is 398 g/mol. The molecule has 1 atom stereocenters. The van der Waals surface area contributed by atoms with E-state index in [1.807, 2.05) is 12.1 Å². The Labute approximate surface area is 175 Å². The second kappa shape index (κ2) is 12.4. The zero-order chi connectivity index (χ0) is 21.1. The summed E-state index contributed by atoms with van der Waals surface area (Å²) in [4.78, 5) is 11.6. The normalized spacial score (nSPS) is 12.0. The highest BCUT2D eigenvalue weighted by Gasteiger charge is 2.19. The van der Waals surface area contributed by atoms with Crippen molar-refractivity contribution < 1.29 is 28.8 Å². The van der Waals surface area contributed by atoms with Crippen LogP contribution in [0.2, 0.25) is 5.02 Å². The van der Waals surface area contributed by atoms with E-state index >= 15 is 0 Å². The van der Waals surface area contributed by atoms with Gasteiger partial charge in [-0.15, -0.1) is 0 Å². The van der Waals surface area contributed by atoms with Crippen molar-refractivity contribution in [2.24, 2.45) is 0 Å². The van der Waals surface area contributed by atoms with E-state index in [2.05, 4.69) is 5.32 Å². The molecule has 0 fully saturated rings. The molecule has 0 heterocycles. The average molecular weight is 424 g/mol. The topological polar surface area (TPSA) is 86.3 Å². The zero-order valence-electron chi connectivity index (χ0n) is 16.5. The van der Waals surface area contributed by atoms with E-state index in [0.717, 1.165) is 5.56 Å². The number of halogens is 1. The molecule has 2 N–H and O–H groups in total. The number of methoxy groups -OCH3 is 2. The Hall–Kier alpha value is -2.16. The second-order valence-corrected chi connectivity index (χ2v) is 6.61. The quantitative estimate of drug-likeness (QED) is 0.377. The first-order chi connectivity index (χ1) is 14.0. The van der Waals surface area contributed by atoms with Crippen molar-refractivity contribution in [3.8, 4) is 5.75 Å². The highest BCUT2D eigenvalue weighted by Crippen LogP contribution is 2.31. The summed E-state index contributed by atoms with van der Waals surface area (Å²) in [6.07, 6.45) is -0.512. The molecule has 8 heteroatoms. The predicted molar refractivity (Wildman–Crippen MR) is 110 cm³/mol. The van der Waals surface area contributed by atoms with Crippen LogP contribution >= 0.6 is 11.6 Å². The van der Waals surface area contributed by atoms with Crippen LogP contribution in [-0.2, 0) is 14.2 Å². The minimum Gasteiger partial charge on any atom is -0.491 e. The Morgan fingerprint density at radius 2 is 1.90 bits per heavy atom. The molecule has 2 aromatic rings. The molecule has 0 saturated heterocycles. The van der Waals surface area contributed by atoms with Crippen LogP contribution in [0.1, 0.15) is 27.6 Å². The molecule has 0 aliphatic heterocycles. The third-order valence-corrected chi connectivity index (χ3v) is 4.23. The van der Waals surface area contributed by atoms with Gasteiger partial charge >= 0.3 is 5.97 Å². The van der Waals surface area contributed by atoms with E-state index in [4.69, 9.17) is 30.5 Å².